The van der Waals surface area contributed by atoms with Crippen LogP contribution < -0.4 is 5.32 Å². The maximum Gasteiger partial charge on any atom is 0.269 e. The summed E-state index contributed by atoms with van der Waals surface area (Å²) >= 11 is 0. The number of H-pyrrole nitrogens is 1. The third kappa shape index (κ3) is 2.83. The number of rotatable bonds is 4. The van der Waals surface area contributed by atoms with Gasteiger partial charge in [0.05, 0.1) is 5.69 Å². The molecule has 1 aromatic heterocycles. The molecule has 136 valence electrons. The fraction of sp³-hybridized carbons (Fsp3) is 0.524. The van der Waals surface area contributed by atoms with Gasteiger partial charge in [-0.25, -0.2) is 4.39 Å². The molecule has 0 spiro atoms. The van der Waals surface area contributed by atoms with Gasteiger partial charge in [-0.1, -0.05) is 0 Å². The first-order valence-corrected chi connectivity index (χ1v) is 9.68. The Balaban J connectivity index is 1.26. The van der Waals surface area contributed by atoms with Gasteiger partial charge in [0.25, 0.3) is 5.91 Å². The summed E-state index contributed by atoms with van der Waals surface area (Å²) in [5.41, 5.74) is 2.24. The summed E-state index contributed by atoms with van der Waals surface area (Å²) in [6, 6.07) is 7.88. The van der Waals surface area contributed by atoms with E-state index in [2.05, 4.69) is 15.5 Å². The van der Waals surface area contributed by atoms with Crippen molar-refractivity contribution >= 4 is 5.91 Å². The van der Waals surface area contributed by atoms with Gasteiger partial charge < -0.3 is 5.32 Å². The second-order valence-electron chi connectivity index (χ2n) is 8.77. The average Bonchev–Trinajstić information content (AvgIpc) is 3.09. The summed E-state index contributed by atoms with van der Waals surface area (Å²) in [7, 11) is 0. The summed E-state index contributed by atoms with van der Waals surface area (Å²) in [4.78, 5) is 12.6. The Morgan fingerprint density at radius 2 is 1.73 bits per heavy atom. The number of carbonyl (C=O) groups excluding carboxylic acids is 1. The molecule has 4 aliphatic rings. The molecular weight excluding hydrogens is 329 g/mol. The lowest BCUT2D eigenvalue weighted by atomic mass is 9.49. The van der Waals surface area contributed by atoms with Crippen molar-refractivity contribution < 1.29 is 9.18 Å². The lowest BCUT2D eigenvalue weighted by Gasteiger charge is -2.56. The molecule has 2 N–H and O–H groups in total. The van der Waals surface area contributed by atoms with Crippen LogP contribution >= 0.6 is 0 Å². The molecule has 0 saturated heterocycles. The number of amides is 1. The summed E-state index contributed by atoms with van der Waals surface area (Å²) in [6.07, 6.45) is 8.08. The quantitative estimate of drug-likeness (QED) is 0.867. The molecule has 4 nitrogen and oxygen atoms in total. The molecule has 4 aliphatic carbocycles. The lowest BCUT2D eigenvalue weighted by molar-refractivity contribution is -0.0503. The van der Waals surface area contributed by atoms with Crippen LogP contribution in [0.4, 0.5) is 4.39 Å². The summed E-state index contributed by atoms with van der Waals surface area (Å²) < 4.78 is 13.1. The first-order valence-electron chi connectivity index (χ1n) is 9.68. The Morgan fingerprint density at radius 1 is 1.12 bits per heavy atom. The Kier molecular flexibility index (Phi) is 3.66. The number of aromatic amines is 1. The van der Waals surface area contributed by atoms with Gasteiger partial charge in [-0.2, -0.15) is 5.10 Å². The Morgan fingerprint density at radius 3 is 2.35 bits per heavy atom. The molecular formula is C21H24FN3O. The zero-order valence-electron chi connectivity index (χ0n) is 14.8. The van der Waals surface area contributed by atoms with Crippen molar-refractivity contribution in [2.75, 3.05) is 6.54 Å². The number of hydrogen-bond donors (Lipinski definition) is 2. The number of nitrogens with one attached hydrogen (secondary N) is 2. The topological polar surface area (TPSA) is 57.8 Å². The smallest absolute Gasteiger partial charge is 0.269 e. The third-order valence-corrected chi connectivity index (χ3v) is 6.75. The summed E-state index contributed by atoms with van der Waals surface area (Å²) in [5.74, 6) is 2.28. The van der Waals surface area contributed by atoms with Crippen LogP contribution in [0.5, 0.6) is 0 Å². The SMILES string of the molecule is O=C(NCC12CC3CC(CC(C3)C1)C2)c1cc(-c2ccc(F)cc2)n[nH]1. The van der Waals surface area contributed by atoms with E-state index >= 15 is 0 Å². The standard InChI is InChI=1S/C21H24FN3O/c22-17-3-1-16(2-4-17)18-8-19(25-24-18)20(26)23-12-21-9-13-5-14(10-21)7-15(6-13)11-21/h1-4,8,13-15H,5-7,9-12H2,(H,23,26)(H,24,25). The number of benzene rings is 1. The van der Waals surface area contributed by atoms with Crippen LogP contribution in [-0.2, 0) is 0 Å². The summed E-state index contributed by atoms with van der Waals surface area (Å²) in [5, 5.41) is 10.2. The molecule has 0 radical (unpaired) electrons. The highest BCUT2D eigenvalue weighted by Crippen LogP contribution is 2.59. The van der Waals surface area contributed by atoms with Gasteiger partial charge in [0.15, 0.2) is 0 Å². The van der Waals surface area contributed by atoms with E-state index in [0.29, 0.717) is 16.8 Å². The zero-order valence-corrected chi connectivity index (χ0v) is 14.8. The highest BCUT2D eigenvalue weighted by Gasteiger charge is 2.50. The maximum absolute atomic E-state index is 13.1. The minimum atomic E-state index is -0.280. The van der Waals surface area contributed by atoms with Gasteiger partial charge in [0.1, 0.15) is 11.5 Å². The van der Waals surface area contributed by atoms with Crippen molar-refractivity contribution in [3.05, 3.63) is 41.8 Å². The molecule has 4 fully saturated rings. The van der Waals surface area contributed by atoms with Crippen LogP contribution in [0.25, 0.3) is 11.3 Å². The van der Waals surface area contributed by atoms with E-state index in [9.17, 15) is 9.18 Å². The molecule has 4 saturated carbocycles. The number of halogens is 1. The van der Waals surface area contributed by atoms with Gasteiger partial charge in [-0.05, 0) is 92.0 Å². The van der Waals surface area contributed by atoms with E-state index < -0.39 is 0 Å². The van der Waals surface area contributed by atoms with Gasteiger partial charge in [0.2, 0.25) is 0 Å². The summed E-state index contributed by atoms with van der Waals surface area (Å²) in [6.45, 7) is 0.778. The molecule has 5 heteroatoms. The Hall–Kier alpha value is -2.17. The molecule has 2 aromatic rings. The van der Waals surface area contributed by atoms with Gasteiger partial charge in [-0.3, -0.25) is 9.89 Å². The van der Waals surface area contributed by atoms with Crippen LogP contribution in [0.3, 0.4) is 0 Å². The monoisotopic (exact) mass is 353 g/mol. The van der Waals surface area contributed by atoms with E-state index in [4.69, 9.17) is 0 Å². The van der Waals surface area contributed by atoms with Crippen LogP contribution in [-0.4, -0.2) is 22.6 Å². The first kappa shape index (κ1) is 16.0. The largest absolute Gasteiger partial charge is 0.350 e. The minimum absolute atomic E-state index is 0.0957. The third-order valence-electron chi connectivity index (χ3n) is 6.75. The molecule has 1 amide bonds. The second-order valence-corrected chi connectivity index (χ2v) is 8.77. The molecule has 0 aliphatic heterocycles. The maximum atomic E-state index is 13.1. The molecule has 1 aromatic carbocycles. The van der Waals surface area contributed by atoms with E-state index in [1.807, 2.05) is 0 Å². The van der Waals surface area contributed by atoms with Gasteiger partial charge >= 0.3 is 0 Å². The lowest BCUT2D eigenvalue weighted by Crippen LogP contribution is -2.51. The van der Waals surface area contributed by atoms with Crippen molar-refractivity contribution in [3.63, 3.8) is 0 Å². The van der Waals surface area contributed by atoms with E-state index in [-0.39, 0.29) is 11.7 Å². The molecule has 1 heterocycles. The highest BCUT2D eigenvalue weighted by molar-refractivity contribution is 5.93. The molecule has 0 atom stereocenters. The van der Waals surface area contributed by atoms with Crippen molar-refractivity contribution in [1.82, 2.24) is 15.5 Å². The predicted molar refractivity (Wildman–Crippen MR) is 96.9 cm³/mol. The zero-order chi connectivity index (χ0) is 17.7. The van der Waals surface area contributed by atoms with Gasteiger partial charge in [0, 0.05) is 12.1 Å². The van der Waals surface area contributed by atoms with Crippen molar-refractivity contribution in [3.8, 4) is 11.3 Å². The van der Waals surface area contributed by atoms with E-state index in [0.717, 1.165) is 29.9 Å². The van der Waals surface area contributed by atoms with Crippen molar-refractivity contribution in [1.29, 1.82) is 0 Å². The molecule has 6 rings (SSSR count). The number of hydrogen-bond acceptors (Lipinski definition) is 2. The van der Waals surface area contributed by atoms with Crippen LogP contribution in [0.1, 0.15) is 49.0 Å². The highest BCUT2D eigenvalue weighted by atomic mass is 19.1. The fourth-order valence-electron chi connectivity index (χ4n) is 6.08. The van der Waals surface area contributed by atoms with Crippen molar-refractivity contribution in [2.24, 2.45) is 23.2 Å². The molecule has 0 unspecified atom stereocenters. The van der Waals surface area contributed by atoms with Crippen LogP contribution in [0, 0.1) is 29.0 Å². The van der Waals surface area contributed by atoms with Crippen LogP contribution in [0.15, 0.2) is 30.3 Å². The van der Waals surface area contributed by atoms with Gasteiger partial charge in [-0.15, -0.1) is 0 Å². The molecule has 4 bridgehead atoms. The normalized spacial score (nSPS) is 32.0. The van der Waals surface area contributed by atoms with Crippen molar-refractivity contribution in [2.45, 2.75) is 38.5 Å². The van der Waals surface area contributed by atoms with Crippen LogP contribution in [0.2, 0.25) is 0 Å². The first-order chi connectivity index (χ1) is 12.6. The van der Waals surface area contributed by atoms with E-state index in [1.54, 1.807) is 18.2 Å². The predicted octanol–water partition coefficient (Wildman–Crippen LogP) is 4.16. The number of aromatic nitrogens is 2. The molecule has 26 heavy (non-hydrogen) atoms. The number of carbonyl (C=O) groups is 1. The minimum Gasteiger partial charge on any atom is -0.350 e. The van der Waals surface area contributed by atoms with E-state index in [1.165, 1.54) is 50.7 Å². The Labute approximate surface area is 152 Å². The Bertz CT molecular complexity index is 791. The fourth-order valence-corrected chi connectivity index (χ4v) is 6.08. The number of nitrogens with zero attached hydrogens (tertiary/aromatic N) is 1. The second kappa shape index (κ2) is 5.93. The average molecular weight is 353 g/mol.